The molecule has 0 aliphatic carbocycles. The van der Waals surface area contributed by atoms with Crippen LogP contribution in [0.3, 0.4) is 0 Å². The fourth-order valence-electron chi connectivity index (χ4n) is 1.59. The minimum atomic E-state index is -4.44. The highest BCUT2D eigenvalue weighted by Crippen LogP contribution is 2.18. The van der Waals surface area contributed by atoms with Gasteiger partial charge in [0.25, 0.3) is 0 Å². The van der Waals surface area contributed by atoms with Crippen molar-refractivity contribution in [2.45, 2.75) is 19.5 Å². The molecule has 0 radical (unpaired) electrons. The van der Waals surface area contributed by atoms with Gasteiger partial charge in [-0.15, -0.1) is 0 Å². The highest BCUT2D eigenvalue weighted by molar-refractivity contribution is 5.90. The number of aryl methyl sites for hydroxylation is 1. The SMILES string of the molecule is CCc1cc(C#CCN)ccc1NC(=O)NCC(F)(F)F. The number of nitrogens with one attached hydrogen (secondary N) is 2. The molecule has 4 nitrogen and oxygen atoms in total. The smallest absolute Gasteiger partial charge is 0.329 e. The van der Waals surface area contributed by atoms with Crippen molar-refractivity contribution >= 4 is 11.7 Å². The van der Waals surface area contributed by atoms with Gasteiger partial charge in [0.2, 0.25) is 0 Å². The van der Waals surface area contributed by atoms with Gasteiger partial charge in [-0.3, -0.25) is 0 Å². The summed E-state index contributed by atoms with van der Waals surface area (Å²) in [6.07, 6.45) is -3.83. The summed E-state index contributed by atoms with van der Waals surface area (Å²) in [5, 5.41) is 4.15. The average Bonchev–Trinajstić information content (AvgIpc) is 2.43. The van der Waals surface area contributed by atoms with Crippen LogP contribution in [0.1, 0.15) is 18.1 Å². The first-order valence-corrected chi connectivity index (χ1v) is 6.29. The molecule has 114 valence electrons. The van der Waals surface area contributed by atoms with Crippen molar-refractivity contribution in [1.82, 2.24) is 5.32 Å². The lowest BCUT2D eigenvalue weighted by Gasteiger charge is -2.12. The first-order valence-electron chi connectivity index (χ1n) is 6.29. The molecule has 0 spiro atoms. The Hall–Kier alpha value is -2.20. The maximum atomic E-state index is 12.0. The molecule has 0 saturated carbocycles. The zero-order valence-corrected chi connectivity index (χ0v) is 11.5. The summed E-state index contributed by atoms with van der Waals surface area (Å²) in [6.45, 7) is 0.732. The first kappa shape index (κ1) is 16.9. The molecular formula is C14H16F3N3O. The molecule has 7 heteroatoms. The number of carbonyl (C=O) groups excluding carboxylic acids is 1. The van der Waals surface area contributed by atoms with Gasteiger partial charge < -0.3 is 16.4 Å². The van der Waals surface area contributed by atoms with Gasteiger partial charge in [-0.1, -0.05) is 18.8 Å². The van der Waals surface area contributed by atoms with Gasteiger partial charge in [0.15, 0.2) is 0 Å². The monoisotopic (exact) mass is 299 g/mol. The van der Waals surface area contributed by atoms with E-state index in [4.69, 9.17) is 5.73 Å². The van der Waals surface area contributed by atoms with Crippen LogP contribution in [0.25, 0.3) is 0 Å². The number of anilines is 1. The number of rotatable bonds is 3. The van der Waals surface area contributed by atoms with E-state index < -0.39 is 18.8 Å². The summed E-state index contributed by atoms with van der Waals surface area (Å²) in [7, 11) is 0. The molecular weight excluding hydrogens is 283 g/mol. The van der Waals surface area contributed by atoms with Crippen molar-refractivity contribution in [3.05, 3.63) is 29.3 Å². The van der Waals surface area contributed by atoms with E-state index in [9.17, 15) is 18.0 Å². The lowest BCUT2D eigenvalue weighted by atomic mass is 10.1. The molecule has 21 heavy (non-hydrogen) atoms. The number of halogens is 3. The van der Waals surface area contributed by atoms with Crippen LogP contribution in [0.4, 0.5) is 23.7 Å². The zero-order valence-electron chi connectivity index (χ0n) is 11.5. The van der Waals surface area contributed by atoms with E-state index in [1.54, 1.807) is 23.5 Å². The minimum Gasteiger partial charge on any atom is -0.329 e. The van der Waals surface area contributed by atoms with Gasteiger partial charge >= 0.3 is 12.2 Å². The summed E-state index contributed by atoms with van der Waals surface area (Å²) < 4.78 is 36.0. The van der Waals surface area contributed by atoms with Crippen molar-refractivity contribution in [3.63, 3.8) is 0 Å². The van der Waals surface area contributed by atoms with E-state index in [0.29, 0.717) is 12.1 Å². The Morgan fingerprint density at radius 2 is 2.10 bits per heavy atom. The third-order valence-electron chi connectivity index (χ3n) is 2.52. The molecule has 0 aromatic heterocycles. The molecule has 1 rings (SSSR count). The summed E-state index contributed by atoms with van der Waals surface area (Å²) in [5.74, 6) is 5.56. The minimum absolute atomic E-state index is 0.237. The van der Waals surface area contributed by atoms with Gasteiger partial charge in [0, 0.05) is 11.3 Å². The topological polar surface area (TPSA) is 67.1 Å². The molecule has 0 atom stereocenters. The van der Waals surface area contributed by atoms with E-state index in [1.807, 2.05) is 6.92 Å². The van der Waals surface area contributed by atoms with Crippen molar-refractivity contribution in [1.29, 1.82) is 0 Å². The molecule has 0 saturated heterocycles. The Morgan fingerprint density at radius 3 is 2.67 bits per heavy atom. The Balaban J connectivity index is 2.77. The molecule has 1 aromatic carbocycles. The van der Waals surface area contributed by atoms with E-state index in [-0.39, 0.29) is 6.54 Å². The molecule has 1 aromatic rings. The first-order chi connectivity index (χ1) is 9.85. The second kappa shape index (κ2) is 7.55. The number of alkyl halides is 3. The van der Waals surface area contributed by atoms with Crippen LogP contribution < -0.4 is 16.4 Å². The fraction of sp³-hybridized carbons (Fsp3) is 0.357. The Bertz CT molecular complexity index is 559. The third-order valence-corrected chi connectivity index (χ3v) is 2.52. The summed E-state index contributed by atoms with van der Waals surface area (Å²) in [6, 6.07) is 4.14. The summed E-state index contributed by atoms with van der Waals surface area (Å²) >= 11 is 0. The van der Waals surface area contributed by atoms with Gasteiger partial charge in [-0.2, -0.15) is 13.2 Å². The standard InChI is InChI=1S/C14H16F3N3O/c1-2-11-8-10(4-3-7-18)5-6-12(11)20-13(21)19-9-14(15,16)17/h5-6,8H,2,7,9,18H2,1H3,(H2,19,20,21). The van der Waals surface area contributed by atoms with Gasteiger partial charge in [-0.05, 0) is 30.2 Å². The molecule has 0 aliphatic heterocycles. The highest BCUT2D eigenvalue weighted by atomic mass is 19.4. The molecule has 0 unspecified atom stereocenters. The number of hydrogen-bond donors (Lipinski definition) is 3. The van der Waals surface area contributed by atoms with Crippen molar-refractivity contribution in [3.8, 4) is 11.8 Å². The summed E-state index contributed by atoms with van der Waals surface area (Å²) in [4.78, 5) is 11.4. The van der Waals surface area contributed by atoms with E-state index in [2.05, 4.69) is 17.2 Å². The number of benzene rings is 1. The largest absolute Gasteiger partial charge is 0.405 e. The van der Waals surface area contributed by atoms with E-state index in [1.165, 1.54) is 0 Å². The number of amides is 2. The van der Waals surface area contributed by atoms with Crippen LogP contribution in [0.15, 0.2) is 18.2 Å². The maximum absolute atomic E-state index is 12.0. The lowest BCUT2D eigenvalue weighted by molar-refractivity contribution is -0.122. The highest BCUT2D eigenvalue weighted by Gasteiger charge is 2.27. The Labute approximate surface area is 120 Å². The van der Waals surface area contributed by atoms with Gasteiger partial charge in [0.05, 0.1) is 6.54 Å². The van der Waals surface area contributed by atoms with E-state index in [0.717, 1.165) is 11.1 Å². The van der Waals surface area contributed by atoms with Crippen LogP contribution in [0.5, 0.6) is 0 Å². The number of carbonyl (C=O) groups is 1. The van der Waals surface area contributed by atoms with E-state index >= 15 is 0 Å². The van der Waals surface area contributed by atoms with Gasteiger partial charge in [0.1, 0.15) is 6.54 Å². The van der Waals surface area contributed by atoms with Crippen LogP contribution >= 0.6 is 0 Å². The molecule has 0 bridgehead atoms. The fourth-order valence-corrected chi connectivity index (χ4v) is 1.59. The second-order valence-electron chi connectivity index (χ2n) is 4.15. The number of hydrogen-bond acceptors (Lipinski definition) is 2. The van der Waals surface area contributed by atoms with Crippen LogP contribution in [-0.2, 0) is 6.42 Å². The molecule has 2 amide bonds. The zero-order chi connectivity index (χ0) is 15.9. The predicted octanol–water partition coefficient (Wildman–Crippen LogP) is 2.24. The van der Waals surface area contributed by atoms with Crippen molar-refractivity contribution in [2.75, 3.05) is 18.4 Å². The quantitative estimate of drug-likeness (QED) is 0.749. The summed E-state index contributed by atoms with van der Waals surface area (Å²) in [5.41, 5.74) is 7.25. The number of urea groups is 1. The molecule has 4 N–H and O–H groups in total. The van der Waals surface area contributed by atoms with Crippen LogP contribution in [0.2, 0.25) is 0 Å². The van der Waals surface area contributed by atoms with Crippen LogP contribution in [-0.4, -0.2) is 25.3 Å². The van der Waals surface area contributed by atoms with Crippen molar-refractivity contribution < 1.29 is 18.0 Å². The molecule has 0 aliphatic rings. The third kappa shape index (κ3) is 6.19. The molecule has 0 heterocycles. The Kier molecular flexibility index (Phi) is 6.06. The van der Waals surface area contributed by atoms with Gasteiger partial charge in [-0.25, -0.2) is 4.79 Å². The lowest BCUT2D eigenvalue weighted by Crippen LogP contribution is -2.36. The average molecular weight is 299 g/mol. The maximum Gasteiger partial charge on any atom is 0.405 e. The van der Waals surface area contributed by atoms with Crippen molar-refractivity contribution in [2.24, 2.45) is 5.73 Å². The second-order valence-corrected chi connectivity index (χ2v) is 4.15. The Morgan fingerprint density at radius 1 is 1.38 bits per heavy atom. The van der Waals surface area contributed by atoms with Crippen LogP contribution in [0, 0.1) is 11.8 Å². The molecule has 0 fully saturated rings. The normalized spacial score (nSPS) is 10.5. The predicted molar refractivity (Wildman–Crippen MR) is 74.8 cm³/mol. The number of nitrogens with two attached hydrogens (primary N) is 1.